The number of hydrogen-bond donors (Lipinski definition) is 1. The van der Waals surface area contributed by atoms with Gasteiger partial charge in [0.15, 0.2) is 0 Å². The first kappa shape index (κ1) is 14.6. The van der Waals surface area contributed by atoms with Crippen LogP contribution in [0.4, 0.5) is 15.9 Å². The Morgan fingerprint density at radius 1 is 1.23 bits per heavy atom. The first-order chi connectivity index (χ1) is 10.5. The normalized spacial score (nSPS) is 16.2. The molecule has 3 rings (SSSR count). The molecule has 1 saturated heterocycles. The van der Waals surface area contributed by atoms with Crippen molar-refractivity contribution in [3.05, 3.63) is 42.3 Å². The Morgan fingerprint density at radius 2 is 1.95 bits per heavy atom. The monoisotopic (exact) mass is 303 g/mol. The second kappa shape index (κ2) is 5.46. The lowest BCUT2D eigenvalue weighted by Gasteiger charge is -2.47. The fraction of sp³-hybridized carbons (Fsp3) is 0.312. The van der Waals surface area contributed by atoms with Crippen molar-refractivity contribution in [2.45, 2.75) is 12.5 Å². The number of rotatable bonds is 4. The van der Waals surface area contributed by atoms with Crippen molar-refractivity contribution in [2.24, 2.45) is 0 Å². The number of pyridine rings is 1. The van der Waals surface area contributed by atoms with Crippen molar-refractivity contribution in [1.29, 1.82) is 0 Å². The molecule has 0 bridgehead atoms. The third kappa shape index (κ3) is 2.82. The minimum absolute atomic E-state index is 0.0993. The average Bonchev–Trinajstić information content (AvgIpc) is 2.48. The Labute approximate surface area is 128 Å². The van der Waals surface area contributed by atoms with Crippen molar-refractivity contribution in [1.82, 2.24) is 4.98 Å². The SMILES string of the molecule is COC1(C)CN(c2cc(Oc3ccc(N)c(F)c3)ccn2)C1. The molecule has 0 amide bonds. The number of halogens is 1. The predicted molar refractivity (Wildman–Crippen MR) is 82.8 cm³/mol. The second-order valence-electron chi connectivity index (χ2n) is 5.65. The molecule has 1 aliphatic heterocycles. The van der Waals surface area contributed by atoms with E-state index in [0.29, 0.717) is 11.5 Å². The molecule has 2 aromatic rings. The third-order valence-corrected chi connectivity index (χ3v) is 3.79. The summed E-state index contributed by atoms with van der Waals surface area (Å²) in [5.41, 5.74) is 5.42. The van der Waals surface area contributed by atoms with Gasteiger partial charge in [0.1, 0.15) is 23.1 Å². The van der Waals surface area contributed by atoms with Gasteiger partial charge in [-0.15, -0.1) is 0 Å². The van der Waals surface area contributed by atoms with Gasteiger partial charge in [0, 0.05) is 38.5 Å². The van der Waals surface area contributed by atoms with Crippen LogP contribution in [0.15, 0.2) is 36.5 Å². The van der Waals surface area contributed by atoms with Crippen LogP contribution in [0.3, 0.4) is 0 Å². The summed E-state index contributed by atoms with van der Waals surface area (Å²) in [6, 6.07) is 7.92. The van der Waals surface area contributed by atoms with E-state index in [1.807, 2.05) is 6.07 Å². The maximum atomic E-state index is 13.4. The first-order valence-electron chi connectivity index (χ1n) is 6.98. The van der Waals surface area contributed by atoms with Gasteiger partial charge in [-0.2, -0.15) is 0 Å². The van der Waals surface area contributed by atoms with Gasteiger partial charge >= 0.3 is 0 Å². The number of aromatic nitrogens is 1. The van der Waals surface area contributed by atoms with Crippen LogP contribution >= 0.6 is 0 Å². The first-order valence-corrected chi connectivity index (χ1v) is 6.98. The van der Waals surface area contributed by atoms with Gasteiger partial charge < -0.3 is 20.1 Å². The number of hydrogen-bond acceptors (Lipinski definition) is 5. The summed E-state index contributed by atoms with van der Waals surface area (Å²) in [5, 5.41) is 0. The molecule has 5 nitrogen and oxygen atoms in total. The molecule has 0 saturated carbocycles. The average molecular weight is 303 g/mol. The molecule has 1 aliphatic rings. The quantitative estimate of drug-likeness (QED) is 0.880. The van der Waals surface area contributed by atoms with Crippen LogP contribution in [0.25, 0.3) is 0 Å². The van der Waals surface area contributed by atoms with Crippen molar-refractivity contribution < 1.29 is 13.9 Å². The summed E-state index contributed by atoms with van der Waals surface area (Å²) in [4.78, 5) is 6.43. The largest absolute Gasteiger partial charge is 0.457 e. The predicted octanol–water partition coefficient (Wildman–Crippen LogP) is 2.82. The second-order valence-corrected chi connectivity index (χ2v) is 5.65. The lowest BCUT2D eigenvalue weighted by molar-refractivity contribution is -0.0171. The van der Waals surface area contributed by atoms with Gasteiger partial charge in [0.05, 0.1) is 11.3 Å². The van der Waals surface area contributed by atoms with Gasteiger partial charge in [-0.3, -0.25) is 0 Å². The van der Waals surface area contributed by atoms with Crippen LogP contribution in [0.1, 0.15) is 6.92 Å². The van der Waals surface area contributed by atoms with E-state index in [1.165, 1.54) is 12.1 Å². The molecule has 0 aliphatic carbocycles. The highest BCUT2D eigenvalue weighted by molar-refractivity contribution is 5.49. The molecule has 0 unspecified atom stereocenters. The number of nitrogen functional groups attached to an aromatic ring is 1. The van der Waals surface area contributed by atoms with Gasteiger partial charge in [0.25, 0.3) is 0 Å². The molecular formula is C16H18FN3O2. The molecule has 1 fully saturated rings. The van der Waals surface area contributed by atoms with E-state index < -0.39 is 5.82 Å². The van der Waals surface area contributed by atoms with Crippen LogP contribution in [0, 0.1) is 5.82 Å². The highest BCUT2D eigenvalue weighted by Gasteiger charge is 2.39. The smallest absolute Gasteiger partial charge is 0.149 e. The fourth-order valence-electron chi connectivity index (χ4n) is 2.40. The van der Waals surface area contributed by atoms with Gasteiger partial charge in [-0.1, -0.05) is 0 Å². The number of benzene rings is 1. The van der Waals surface area contributed by atoms with Crippen LogP contribution in [-0.4, -0.2) is 30.8 Å². The van der Waals surface area contributed by atoms with Crippen molar-refractivity contribution in [2.75, 3.05) is 30.8 Å². The molecule has 0 spiro atoms. The number of nitrogens with two attached hydrogens (primary N) is 1. The molecule has 1 aromatic carbocycles. The van der Waals surface area contributed by atoms with Crippen LogP contribution < -0.4 is 15.4 Å². The molecule has 2 N–H and O–H groups in total. The molecule has 2 heterocycles. The third-order valence-electron chi connectivity index (χ3n) is 3.79. The number of nitrogens with zero attached hydrogens (tertiary/aromatic N) is 2. The Balaban J connectivity index is 1.73. The van der Waals surface area contributed by atoms with E-state index in [9.17, 15) is 4.39 Å². The molecule has 116 valence electrons. The highest BCUT2D eigenvalue weighted by atomic mass is 19.1. The zero-order chi connectivity index (χ0) is 15.7. The summed E-state index contributed by atoms with van der Waals surface area (Å²) in [6.07, 6.45) is 1.67. The molecule has 0 radical (unpaired) electrons. The highest BCUT2D eigenvalue weighted by Crippen LogP contribution is 2.31. The van der Waals surface area contributed by atoms with Crippen LogP contribution in [-0.2, 0) is 4.74 Å². The van der Waals surface area contributed by atoms with Crippen molar-refractivity contribution in [3.8, 4) is 11.5 Å². The van der Waals surface area contributed by atoms with E-state index >= 15 is 0 Å². The minimum Gasteiger partial charge on any atom is -0.457 e. The molecule has 6 heteroatoms. The number of anilines is 2. The van der Waals surface area contributed by atoms with Crippen LogP contribution in [0.5, 0.6) is 11.5 Å². The molecule has 0 atom stereocenters. The standard InChI is InChI=1S/C16H18FN3O2/c1-16(21-2)9-20(10-16)15-8-12(5-6-19-15)22-11-3-4-14(18)13(17)7-11/h3-8H,9-10,18H2,1-2H3. The number of ether oxygens (including phenoxy) is 2. The van der Waals surface area contributed by atoms with Gasteiger partial charge in [0.2, 0.25) is 0 Å². The van der Waals surface area contributed by atoms with E-state index in [1.54, 1.807) is 25.4 Å². The fourth-order valence-corrected chi connectivity index (χ4v) is 2.40. The maximum absolute atomic E-state index is 13.4. The van der Waals surface area contributed by atoms with E-state index in [0.717, 1.165) is 18.9 Å². The van der Waals surface area contributed by atoms with Crippen LogP contribution in [0.2, 0.25) is 0 Å². The van der Waals surface area contributed by atoms with Gasteiger partial charge in [-0.25, -0.2) is 9.37 Å². The summed E-state index contributed by atoms with van der Waals surface area (Å²) in [6.45, 7) is 3.61. The lowest BCUT2D eigenvalue weighted by atomic mass is 9.96. The molecular weight excluding hydrogens is 285 g/mol. The van der Waals surface area contributed by atoms with Gasteiger partial charge in [-0.05, 0) is 25.1 Å². The summed E-state index contributed by atoms with van der Waals surface area (Å²) in [5.74, 6) is 1.31. The zero-order valence-electron chi connectivity index (χ0n) is 12.5. The number of methoxy groups -OCH3 is 1. The summed E-state index contributed by atoms with van der Waals surface area (Å²) < 4.78 is 24.5. The van der Waals surface area contributed by atoms with E-state index in [-0.39, 0.29) is 11.3 Å². The topological polar surface area (TPSA) is 60.6 Å². The molecule has 1 aromatic heterocycles. The molecule has 22 heavy (non-hydrogen) atoms. The Hall–Kier alpha value is -2.34. The zero-order valence-corrected chi connectivity index (χ0v) is 12.5. The summed E-state index contributed by atoms with van der Waals surface area (Å²) in [7, 11) is 1.71. The summed E-state index contributed by atoms with van der Waals surface area (Å²) >= 11 is 0. The van der Waals surface area contributed by atoms with Crippen molar-refractivity contribution >= 4 is 11.5 Å². The lowest BCUT2D eigenvalue weighted by Crippen LogP contribution is -2.61. The van der Waals surface area contributed by atoms with Crippen molar-refractivity contribution in [3.63, 3.8) is 0 Å². The maximum Gasteiger partial charge on any atom is 0.149 e. The minimum atomic E-state index is -0.495. The van der Waals surface area contributed by atoms with E-state index in [4.69, 9.17) is 15.2 Å². The van der Waals surface area contributed by atoms with E-state index in [2.05, 4.69) is 16.8 Å². The Morgan fingerprint density at radius 3 is 2.64 bits per heavy atom. The Kier molecular flexibility index (Phi) is 3.62. The Bertz CT molecular complexity index is 687.